The molecule has 2 rings (SSSR count). The van der Waals surface area contributed by atoms with Gasteiger partial charge in [-0.15, -0.1) is 0 Å². The maximum Gasteiger partial charge on any atom is 0.305 e. The van der Waals surface area contributed by atoms with Crippen molar-refractivity contribution >= 4 is 23.3 Å². The maximum atomic E-state index is 13.4. The van der Waals surface area contributed by atoms with E-state index in [9.17, 15) is 38.6 Å². The number of hydrogen-bond acceptors (Lipinski definition) is 7. The molecule has 0 aromatic heterocycles. The van der Waals surface area contributed by atoms with Gasteiger partial charge in [0, 0.05) is 25.0 Å². The first-order valence-corrected chi connectivity index (χ1v) is 9.76. The summed E-state index contributed by atoms with van der Waals surface area (Å²) in [6, 6.07) is 6.96. The van der Waals surface area contributed by atoms with Crippen LogP contribution in [0.3, 0.4) is 0 Å². The van der Waals surface area contributed by atoms with Crippen LogP contribution < -0.4 is 5.73 Å². The number of nitrogens with zero attached hydrogens (tertiary/aromatic N) is 2. The van der Waals surface area contributed by atoms with E-state index in [1.165, 1.54) is 31.4 Å². The van der Waals surface area contributed by atoms with E-state index in [-0.39, 0.29) is 30.2 Å². The van der Waals surface area contributed by atoms with Crippen LogP contribution in [-0.4, -0.2) is 28.8 Å². The molecule has 2 N–H and O–H groups in total. The van der Waals surface area contributed by atoms with E-state index in [0.717, 1.165) is 12.1 Å². The van der Waals surface area contributed by atoms with E-state index in [1.54, 1.807) is 0 Å². The molecular formula is C21H23F2N3O7. The highest BCUT2D eigenvalue weighted by Gasteiger charge is 2.12. The third-order valence-corrected chi connectivity index (χ3v) is 4.42. The second kappa shape index (κ2) is 13.5. The molecule has 0 radical (unpaired) electrons. The lowest BCUT2D eigenvalue weighted by Gasteiger charge is -2.02. The molecule has 12 heteroatoms. The van der Waals surface area contributed by atoms with Gasteiger partial charge in [-0.1, -0.05) is 0 Å². The average Bonchev–Trinajstić information content (AvgIpc) is 2.75. The van der Waals surface area contributed by atoms with E-state index in [2.05, 4.69) is 4.74 Å². The molecule has 0 heterocycles. The third kappa shape index (κ3) is 9.80. The minimum atomic E-state index is -0.656. The number of nitrogens with two attached hydrogens (primary N) is 1. The van der Waals surface area contributed by atoms with Gasteiger partial charge in [-0.05, 0) is 48.9 Å². The van der Waals surface area contributed by atoms with Gasteiger partial charge >= 0.3 is 5.97 Å². The summed E-state index contributed by atoms with van der Waals surface area (Å²) >= 11 is 0. The second-order valence-electron chi connectivity index (χ2n) is 6.82. The Labute approximate surface area is 187 Å². The monoisotopic (exact) mass is 467 g/mol. The second-order valence-corrected chi connectivity index (χ2v) is 6.82. The summed E-state index contributed by atoms with van der Waals surface area (Å²) in [5.74, 6) is -2.04. The van der Waals surface area contributed by atoms with Crippen molar-refractivity contribution in [3.05, 3.63) is 79.4 Å². The number of carbonyl (C=O) groups is 2. The zero-order valence-electron chi connectivity index (χ0n) is 17.8. The summed E-state index contributed by atoms with van der Waals surface area (Å²) < 4.78 is 31.2. The van der Waals surface area contributed by atoms with E-state index < -0.39 is 27.4 Å². The Hall–Kier alpha value is -3.96. The molecule has 0 saturated carbocycles. The number of carbonyl (C=O) groups excluding carboxylic acids is 2. The van der Waals surface area contributed by atoms with E-state index >= 15 is 0 Å². The number of esters is 1. The van der Waals surface area contributed by atoms with Gasteiger partial charge in [0.2, 0.25) is 5.91 Å². The minimum Gasteiger partial charge on any atom is -0.469 e. The number of nitro groups is 2. The zero-order chi connectivity index (χ0) is 25.0. The fourth-order valence-corrected chi connectivity index (χ4v) is 2.68. The van der Waals surface area contributed by atoms with Crippen molar-refractivity contribution in [2.24, 2.45) is 5.73 Å². The molecule has 0 aliphatic heterocycles. The van der Waals surface area contributed by atoms with Crippen LogP contribution in [0.4, 0.5) is 20.2 Å². The molecule has 2 aromatic rings. The molecular weight excluding hydrogens is 444 g/mol. The smallest absolute Gasteiger partial charge is 0.305 e. The van der Waals surface area contributed by atoms with Gasteiger partial charge in [-0.2, -0.15) is 0 Å². The van der Waals surface area contributed by atoms with Crippen molar-refractivity contribution in [1.29, 1.82) is 0 Å². The van der Waals surface area contributed by atoms with Crippen molar-refractivity contribution in [1.82, 2.24) is 0 Å². The molecule has 0 aliphatic rings. The van der Waals surface area contributed by atoms with E-state index in [1.807, 2.05) is 0 Å². The normalized spacial score (nSPS) is 10.0. The molecule has 178 valence electrons. The van der Waals surface area contributed by atoms with Gasteiger partial charge in [0.1, 0.15) is 11.6 Å². The molecule has 0 bridgehead atoms. The predicted molar refractivity (Wildman–Crippen MR) is 113 cm³/mol. The van der Waals surface area contributed by atoms with Gasteiger partial charge in [-0.3, -0.25) is 29.8 Å². The molecule has 0 unspecified atom stereocenters. The molecule has 0 spiro atoms. The van der Waals surface area contributed by atoms with Crippen LogP contribution in [0.5, 0.6) is 0 Å². The SMILES string of the molecule is COC(=O)CCCc1ccc([N+](=O)[O-])cc1F.NC(=O)CCCc1ccc([N+](=O)[O-])cc1F. The molecule has 10 nitrogen and oxygen atoms in total. The third-order valence-electron chi connectivity index (χ3n) is 4.42. The van der Waals surface area contributed by atoms with Gasteiger partial charge in [0.05, 0.1) is 29.1 Å². The highest BCUT2D eigenvalue weighted by molar-refractivity contribution is 5.73. The van der Waals surface area contributed by atoms with Crippen molar-refractivity contribution in [2.45, 2.75) is 38.5 Å². The standard InChI is InChI=1S/C11H12FNO4.C10H11FN2O3/c1-17-11(14)4-2-3-8-5-6-9(13(15)16)7-10(8)12;11-9-6-8(13(15)16)5-4-7(9)2-1-3-10(12)14/h5-7H,2-4H2,1H3;4-6H,1-3H2,(H2,12,14). The van der Waals surface area contributed by atoms with Gasteiger partial charge < -0.3 is 10.5 Å². The Morgan fingerprint density at radius 3 is 1.64 bits per heavy atom. The van der Waals surface area contributed by atoms with Crippen molar-refractivity contribution in [2.75, 3.05) is 7.11 Å². The number of nitro benzene ring substituents is 2. The quantitative estimate of drug-likeness (QED) is 0.317. The van der Waals surface area contributed by atoms with Crippen LogP contribution in [0.25, 0.3) is 0 Å². The number of amides is 1. The van der Waals surface area contributed by atoms with Crippen LogP contribution in [0, 0.1) is 31.9 Å². The molecule has 0 saturated heterocycles. The lowest BCUT2D eigenvalue weighted by Crippen LogP contribution is -2.10. The zero-order valence-corrected chi connectivity index (χ0v) is 17.8. The number of primary amides is 1. The highest BCUT2D eigenvalue weighted by atomic mass is 19.1. The first-order valence-electron chi connectivity index (χ1n) is 9.76. The van der Waals surface area contributed by atoms with Crippen LogP contribution in [0.15, 0.2) is 36.4 Å². The Morgan fingerprint density at radius 1 is 0.879 bits per heavy atom. The topological polar surface area (TPSA) is 156 Å². The summed E-state index contributed by atoms with van der Waals surface area (Å²) in [6.07, 6.45) is 1.94. The lowest BCUT2D eigenvalue weighted by atomic mass is 10.1. The number of rotatable bonds is 10. The van der Waals surface area contributed by atoms with Crippen molar-refractivity contribution < 1.29 is 33.0 Å². The van der Waals surface area contributed by atoms with Crippen LogP contribution >= 0.6 is 0 Å². The van der Waals surface area contributed by atoms with Crippen LogP contribution in [0.2, 0.25) is 0 Å². The molecule has 2 aromatic carbocycles. The Kier molecular flexibility index (Phi) is 11.0. The first-order chi connectivity index (χ1) is 15.5. The number of non-ortho nitro benzene ring substituents is 2. The summed E-state index contributed by atoms with van der Waals surface area (Å²) in [5.41, 5.74) is 5.09. The number of benzene rings is 2. The maximum absolute atomic E-state index is 13.4. The highest BCUT2D eigenvalue weighted by Crippen LogP contribution is 2.19. The molecule has 33 heavy (non-hydrogen) atoms. The Morgan fingerprint density at radius 2 is 1.30 bits per heavy atom. The number of halogens is 2. The van der Waals surface area contributed by atoms with Gasteiger partial charge in [-0.25, -0.2) is 8.78 Å². The van der Waals surface area contributed by atoms with Crippen LogP contribution in [-0.2, 0) is 27.2 Å². The van der Waals surface area contributed by atoms with Gasteiger partial charge in [0.25, 0.3) is 11.4 Å². The molecule has 0 atom stereocenters. The summed E-state index contributed by atoms with van der Waals surface area (Å²) in [5, 5.41) is 20.7. The van der Waals surface area contributed by atoms with E-state index in [0.29, 0.717) is 36.8 Å². The molecule has 0 aliphatic carbocycles. The number of aryl methyl sites for hydroxylation is 2. The van der Waals surface area contributed by atoms with Crippen molar-refractivity contribution in [3.8, 4) is 0 Å². The Bertz CT molecular complexity index is 1020. The average molecular weight is 467 g/mol. The first kappa shape index (κ1) is 27.1. The van der Waals surface area contributed by atoms with Gasteiger partial charge in [0.15, 0.2) is 0 Å². The summed E-state index contributed by atoms with van der Waals surface area (Å²) in [4.78, 5) is 40.7. The minimum absolute atomic E-state index is 0.177. The predicted octanol–water partition coefficient (Wildman–Crippen LogP) is 3.77. The summed E-state index contributed by atoms with van der Waals surface area (Å²) in [6.45, 7) is 0. The number of hydrogen-bond donors (Lipinski definition) is 1. The fraction of sp³-hybridized carbons (Fsp3) is 0.333. The molecule has 0 fully saturated rings. The number of methoxy groups -OCH3 is 1. The van der Waals surface area contributed by atoms with E-state index in [4.69, 9.17) is 5.73 Å². The molecule has 1 amide bonds. The number of ether oxygens (including phenoxy) is 1. The van der Waals surface area contributed by atoms with Crippen LogP contribution in [0.1, 0.15) is 36.8 Å². The van der Waals surface area contributed by atoms with Crippen molar-refractivity contribution in [3.63, 3.8) is 0 Å². The summed E-state index contributed by atoms with van der Waals surface area (Å²) in [7, 11) is 1.29. The Balaban J connectivity index is 0.000000331. The lowest BCUT2D eigenvalue weighted by molar-refractivity contribution is -0.385. The largest absolute Gasteiger partial charge is 0.469 e. The fourth-order valence-electron chi connectivity index (χ4n) is 2.68.